The van der Waals surface area contributed by atoms with Gasteiger partial charge in [0.2, 0.25) is 0 Å². The number of aromatic nitrogens is 1. The Morgan fingerprint density at radius 2 is 2.22 bits per heavy atom. The first-order valence-electron chi connectivity index (χ1n) is 7.80. The molecule has 5 nitrogen and oxygen atoms in total. The summed E-state index contributed by atoms with van der Waals surface area (Å²) < 4.78 is 5.61. The van der Waals surface area contributed by atoms with Crippen LogP contribution in [-0.2, 0) is 6.42 Å². The molecule has 2 N–H and O–H groups in total. The number of carbonyl (C=O) groups is 1. The van der Waals surface area contributed by atoms with Crippen molar-refractivity contribution in [3.63, 3.8) is 0 Å². The monoisotopic (exact) mass is 311 g/mol. The summed E-state index contributed by atoms with van der Waals surface area (Å²) in [6.07, 6.45) is 4.40. The topological polar surface area (TPSA) is 63.2 Å². The zero-order valence-corrected chi connectivity index (χ0v) is 13.4. The highest BCUT2D eigenvalue weighted by molar-refractivity contribution is 5.74. The number of nitrogens with one attached hydrogen (secondary N) is 2. The summed E-state index contributed by atoms with van der Waals surface area (Å²) >= 11 is 0. The van der Waals surface area contributed by atoms with Crippen LogP contribution in [0.3, 0.4) is 0 Å². The Hall–Kier alpha value is -2.56. The Balaban J connectivity index is 1.51. The minimum absolute atomic E-state index is 0.0902. The number of nitrogens with zero attached hydrogens (tertiary/aromatic N) is 1. The van der Waals surface area contributed by atoms with Crippen molar-refractivity contribution in [3.05, 3.63) is 58.9 Å². The number of aryl methyl sites for hydroxylation is 2. The quantitative estimate of drug-likeness (QED) is 0.912. The molecule has 0 aliphatic carbocycles. The average Bonchev–Trinajstić information content (AvgIpc) is 2.91. The van der Waals surface area contributed by atoms with Gasteiger partial charge in [0.1, 0.15) is 12.4 Å². The molecular formula is C18H21N3O2. The highest BCUT2D eigenvalue weighted by Crippen LogP contribution is 2.32. The summed E-state index contributed by atoms with van der Waals surface area (Å²) in [5, 5.41) is 5.88. The highest BCUT2D eigenvalue weighted by Gasteiger charge is 2.25. The lowest BCUT2D eigenvalue weighted by Crippen LogP contribution is -2.39. The summed E-state index contributed by atoms with van der Waals surface area (Å²) in [6, 6.07) is 7.76. The molecule has 1 atom stereocenters. The average molecular weight is 311 g/mol. The van der Waals surface area contributed by atoms with Gasteiger partial charge in [-0.3, -0.25) is 4.98 Å². The summed E-state index contributed by atoms with van der Waals surface area (Å²) in [5.41, 5.74) is 4.55. The SMILES string of the molecule is Cc1ccc2c(c1)[C@H](NC(=O)NCCc1ccncc1C)CO2. The van der Waals surface area contributed by atoms with Gasteiger partial charge in [-0.1, -0.05) is 17.7 Å². The second-order valence-corrected chi connectivity index (χ2v) is 5.86. The molecule has 120 valence electrons. The first-order chi connectivity index (χ1) is 11.1. The van der Waals surface area contributed by atoms with Crippen molar-refractivity contribution in [3.8, 4) is 5.75 Å². The zero-order chi connectivity index (χ0) is 16.2. The third kappa shape index (κ3) is 3.62. The van der Waals surface area contributed by atoms with Crippen LogP contribution in [0.5, 0.6) is 5.75 Å². The fourth-order valence-electron chi connectivity index (χ4n) is 2.76. The van der Waals surface area contributed by atoms with E-state index in [1.54, 1.807) is 6.20 Å². The maximum atomic E-state index is 12.1. The van der Waals surface area contributed by atoms with Crippen LogP contribution in [0.4, 0.5) is 4.79 Å². The van der Waals surface area contributed by atoms with Crippen LogP contribution >= 0.6 is 0 Å². The molecule has 1 aliphatic rings. The van der Waals surface area contributed by atoms with Crippen LogP contribution in [0.1, 0.15) is 28.3 Å². The summed E-state index contributed by atoms with van der Waals surface area (Å²) in [4.78, 5) is 16.2. The van der Waals surface area contributed by atoms with Gasteiger partial charge in [-0.05, 0) is 43.5 Å². The van der Waals surface area contributed by atoms with E-state index in [1.807, 2.05) is 38.2 Å². The lowest BCUT2D eigenvalue weighted by atomic mass is 10.1. The van der Waals surface area contributed by atoms with Crippen molar-refractivity contribution in [1.29, 1.82) is 0 Å². The van der Waals surface area contributed by atoms with Crippen LogP contribution in [-0.4, -0.2) is 24.2 Å². The van der Waals surface area contributed by atoms with E-state index >= 15 is 0 Å². The smallest absolute Gasteiger partial charge is 0.315 e. The molecule has 5 heteroatoms. The Kier molecular flexibility index (Phi) is 4.46. The summed E-state index contributed by atoms with van der Waals surface area (Å²) in [5.74, 6) is 0.855. The van der Waals surface area contributed by atoms with Gasteiger partial charge in [0.05, 0.1) is 6.04 Å². The van der Waals surface area contributed by atoms with Crippen LogP contribution in [0, 0.1) is 13.8 Å². The molecule has 23 heavy (non-hydrogen) atoms. The van der Waals surface area contributed by atoms with Crippen molar-refractivity contribution in [2.75, 3.05) is 13.2 Å². The van der Waals surface area contributed by atoms with Crippen molar-refractivity contribution >= 4 is 6.03 Å². The van der Waals surface area contributed by atoms with E-state index in [2.05, 4.69) is 21.7 Å². The molecule has 2 aromatic rings. The van der Waals surface area contributed by atoms with Gasteiger partial charge < -0.3 is 15.4 Å². The largest absolute Gasteiger partial charge is 0.491 e. The number of pyridine rings is 1. The molecule has 1 aliphatic heterocycles. The van der Waals surface area contributed by atoms with Crippen molar-refractivity contribution in [2.45, 2.75) is 26.3 Å². The van der Waals surface area contributed by atoms with Crippen LogP contribution in [0.25, 0.3) is 0 Å². The summed E-state index contributed by atoms with van der Waals surface area (Å²) in [6.45, 7) is 5.13. The number of urea groups is 1. The van der Waals surface area contributed by atoms with Gasteiger partial charge in [-0.15, -0.1) is 0 Å². The second-order valence-electron chi connectivity index (χ2n) is 5.86. The van der Waals surface area contributed by atoms with Crippen LogP contribution < -0.4 is 15.4 Å². The third-order valence-electron chi connectivity index (χ3n) is 4.07. The van der Waals surface area contributed by atoms with Gasteiger partial charge in [-0.25, -0.2) is 4.79 Å². The van der Waals surface area contributed by atoms with Gasteiger partial charge in [-0.2, -0.15) is 0 Å². The molecule has 0 unspecified atom stereocenters. The lowest BCUT2D eigenvalue weighted by molar-refractivity contribution is 0.232. The Bertz CT molecular complexity index is 715. The van der Waals surface area contributed by atoms with E-state index in [0.29, 0.717) is 13.2 Å². The molecule has 0 fully saturated rings. The molecular weight excluding hydrogens is 290 g/mol. The highest BCUT2D eigenvalue weighted by atomic mass is 16.5. The van der Waals surface area contributed by atoms with E-state index in [9.17, 15) is 4.79 Å². The predicted octanol–water partition coefficient (Wildman–Crippen LogP) is 2.67. The van der Waals surface area contributed by atoms with E-state index in [0.717, 1.165) is 28.9 Å². The predicted molar refractivity (Wildman–Crippen MR) is 88.6 cm³/mol. The molecule has 0 radical (unpaired) electrons. The lowest BCUT2D eigenvalue weighted by Gasteiger charge is -2.13. The van der Waals surface area contributed by atoms with Crippen molar-refractivity contribution in [1.82, 2.24) is 15.6 Å². The minimum Gasteiger partial charge on any atom is -0.491 e. The molecule has 2 heterocycles. The number of rotatable bonds is 4. The fraction of sp³-hybridized carbons (Fsp3) is 0.333. The fourth-order valence-corrected chi connectivity index (χ4v) is 2.76. The van der Waals surface area contributed by atoms with Gasteiger partial charge in [0, 0.05) is 24.5 Å². The molecule has 0 spiro atoms. The third-order valence-corrected chi connectivity index (χ3v) is 4.07. The zero-order valence-electron chi connectivity index (χ0n) is 13.4. The van der Waals surface area contributed by atoms with E-state index in [4.69, 9.17) is 4.74 Å². The Morgan fingerprint density at radius 3 is 3.04 bits per heavy atom. The number of carbonyl (C=O) groups excluding carboxylic acids is 1. The molecule has 1 aromatic carbocycles. The van der Waals surface area contributed by atoms with Gasteiger partial charge in [0.25, 0.3) is 0 Å². The first-order valence-corrected chi connectivity index (χ1v) is 7.80. The number of amides is 2. The normalized spacial score (nSPS) is 15.7. The summed E-state index contributed by atoms with van der Waals surface area (Å²) in [7, 11) is 0. The van der Waals surface area contributed by atoms with Crippen molar-refractivity contribution < 1.29 is 9.53 Å². The standard InChI is InChI=1S/C18H21N3O2/c1-12-3-4-17-15(9-12)16(11-23-17)21-18(22)20-8-6-14-5-7-19-10-13(14)2/h3-5,7,9-10,16H,6,8,11H2,1-2H3,(H2,20,21,22)/t16-/m1/s1. The van der Waals surface area contributed by atoms with Crippen LogP contribution in [0.15, 0.2) is 36.7 Å². The number of ether oxygens (including phenoxy) is 1. The van der Waals surface area contributed by atoms with Gasteiger partial charge >= 0.3 is 6.03 Å². The Morgan fingerprint density at radius 1 is 1.35 bits per heavy atom. The number of hydrogen-bond donors (Lipinski definition) is 2. The van der Waals surface area contributed by atoms with E-state index in [-0.39, 0.29) is 12.1 Å². The van der Waals surface area contributed by atoms with Gasteiger partial charge in [0.15, 0.2) is 0 Å². The second kappa shape index (κ2) is 6.69. The van der Waals surface area contributed by atoms with E-state index < -0.39 is 0 Å². The number of fused-ring (bicyclic) bond motifs is 1. The maximum absolute atomic E-state index is 12.1. The van der Waals surface area contributed by atoms with Crippen LogP contribution in [0.2, 0.25) is 0 Å². The first kappa shape index (κ1) is 15.3. The Labute approximate surface area is 136 Å². The molecule has 2 amide bonds. The molecule has 3 rings (SSSR count). The molecule has 1 aromatic heterocycles. The number of benzene rings is 1. The van der Waals surface area contributed by atoms with E-state index in [1.165, 1.54) is 5.56 Å². The van der Waals surface area contributed by atoms with Crippen molar-refractivity contribution in [2.24, 2.45) is 0 Å². The minimum atomic E-state index is -0.167. The maximum Gasteiger partial charge on any atom is 0.315 e. The molecule has 0 saturated heterocycles. The molecule has 0 bridgehead atoms. The number of hydrogen-bond acceptors (Lipinski definition) is 3. The molecule has 0 saturated carbocycles.